The van der Waals surface area contributed by atoms with Crippen LogP contribution in [-0.4, -0.2) is 26.3 Å². The summed E-state index contributed by atoms with van der Waals surface area (Å²) in [4.78, 5) is 30.5. The third kappa shape index (κ3) is 4.21. The van der Waals surface area contributed by atoms with Crippen molar-refractivity contribution in [1.82, 2.24) is 14.6 Å². The molecule has 0 spiro atoms. The van der Waals surface area contributed by atoms with Gasteiger partial charge in [0.1, 0.15) is 0 Å². The van der Waals surface area contributed by atoms with Crippen LogP contribution in [0.15, 0.2) is 60.2 Å². The molecular formula is C25H24N4O2S. The zero-order valence-corrected chi connectivity index (χ0v) is 18.5. The molecular weight excluding hydrogens is 420 g/mol. The molecule has 0 atom stereocenters. The minimum Gasteiger partial charge on any atom is -0.326 e. The number of amides is 1. The van der Waals surface area contributed by atoms with Crippen molar-refractivity contribution < 1.29 is 9.59 Å². The van der Waals surface area contributed by atoms with Gasteiger partial charge in [0.05, 0.1) is 22.3 Å². The van der Waals surface area contributed by atoms with Gasteiger partial charge >= 0.3 is 0 Å². The summed E-state index contributed by atoms with van der Waals surface area (Å²) in [5.74, 6) is 0.482. The monoisotopic (exact) mass is 444 g/mol. The molecule has 1 aromatic carbocycles. The second kappa shape index (κ2) is 9.04. The molecule has 7 heteroatoms. The van der Waals surface area contributed by atoms with E-state index in [1.165, 1.54) is 30.6 Å². The van der Waals surface area contributed by atoms with Gasteiger partial charge < -0.3 is 5.32 Å². The Morgan fingerprint density at radius 3 is 2.78 bits per heavy atom. The van der Waals surface area contributed by atoms with Gasteiger partial charge in [0, 0.05) is 23.9 Å². The highest BCUT2D eigenvalue weighted by molar-refractivity contribution is 7.12. The van der Waals surface area contributed by atoms with Crippen LogP contribution in [0.1, 0.15) is 53.8 Å². The van der Waals surface area contributed by atoms with Gasteiger partial charge in [-0.2, -0.15) is 5.10 Å². The van der Waals surface area contributed by atoms with Crippen LogP contribution in [0.25, 0.3) is 16.9 Å². The molecule has 0 radical (unpaired) electrons. The Morgan fingerprint density at radius 1 is 1.09 bits per heavy atom. The van der Waals surface area contributed by atoms with Crippen LogP contribution in [0.2, 0.25) is 0 Å². The van der Waals surface area contributed by atoms with Gasteiger partial charge in [-0.15, -0.1) is 11.3 Å². The van der Waals surface area contributed by atoms with Gasteiger partial charge in [0.15, 0.2) is 5.65 Å². The second-order valence-corrected chi connectivity index (χ2v) is 9.21. The fourth-order valence-electron chi connectivity index (χ4n) is 4.43. The second-order valence-electron chi connectivity index (χ2n) is 8.27. The number of carbonyl (C=O) groups excluding carboxylic acids is 2. The van der Waals surface area contributed by atoms with E-state index in [9.17, 15) is 9.59 Å². The summed E-state index contributed by atoms with van der Waals surface area (Å²) >= 11 is 1.40. The number of ketones is 1. The Kier molecular flexibility index (Phi) is 5.81. The summed E-state index contributed by atoms with van der Waals surface area (Å²) in [6, 6.07) is 13.2. The Labute approximate surface area is 190 Å². The van der Waals surface area contributed by atoms with Crippen LogP contribution in [0.3, 0.4) is 0 Å². The maximum atomic E-state index is 12.8. The number of benzene rings is 1. The Bertz CT molecular complexity index is 1260. The van der Waals surface area contributed by atoms with Crippen molar-refractivity contribution in [2.24, 2.45) is 5.92 Å². The summed E-state index contributed by atoms with van der Waals surface area (Å²) in [6.45, 7) is 0. The maximum Gasteiger partial charge on any atom is 0.224 e. The zero-order valence-electron chi connectivity index (χ0n) is 17.7. The van der Waals surface area contributed by atoms with Gasteiger partial charge in [-0.1, -0.05) is 37.5 Å². The Morgan fingerprint density at radius 2 is 1.97 bits per heavy atom. The van der Waals surface area contributed by atoms with E-state index >= 15 is 0 Å². The molecule has 0 unspecified atom stereocenters. The van der Waals surface area contributed by atoms with Crippen LogP contribution in [0.5, 0.6) is 0 Å². The van der Waals surface area contributed by atoms with E-state index in [0.717, 1.165) is 29.8 Å². The van der Waals surface area contributed by atoms with Crippen LogP contribution >= 0.6 is 11.3 Å². The molecule has 162 valence electrons. The van der Waals surface area contributed by atoms with Crippen molar-refractivity contribution in [3.05, 3.63) is 70.7 Å². The molecule has 4 aromatic rings. The molecule has 0 aliphatic heterocycles. The van der Waals surface area contributed by atoms with Gasteiger partial charge in [-0.25, -0.2) is 9.50 Å². The largest absolute Gasteiger partial charge is 0.326 e. The highest BCUT2D eigenvalue weighted by Crippen LogP contribution is 2.28. The molecule has 1 N–H and O–H groups in total. The van der Waals surface area contributed by atoms with Crippen molar-refractivity contribution in [2.75, 3.05) is 5.32 Å². The normalized spacial score (nSPS) is 14.5. The molecule has 1 aliphatic rings. The summed E-state index contributed by atoms with van der Waals surface area (Å²) in [6.07, 6.45) is 9.88. The lowest BCUT2D eigenvalue weighted by Gasteiger charge is -2.20. The minimum absolute atomic E-state index is 0.0665. The van der Waals surface area contributed by atoms with Gasteiger partial charge in [-0.05, 0) is 48.4 Å². The van der Waals surface area contributed by atoms with Gasteiger partial charge in [0.25, 0.3) is 0 Å². The third-order valence-corrected chi connectivity index (χ3v) is 6.90. The van der Waals surface area contributed by atoms with E-state index in [1.54, 1.807) is 23.0 Å². The highest BCUT2D eigenvalue weighted by Gasteiger charge is 2.19. The summed E-state index contributed by atoms with van der Waals surface area (Å²) in [5.41, 5.74) is 3.46. The lowest BCUT2D eigenvalue weighted by atomic mass is 9.87. The number of aromatic nitrogens is 3. The fourth-order valence-corrected chi connectivity index (χ4v) is 5.11. The molecule has 32 heavy (non-hydrogen) atoms. The van der Waals surface area contributed by atoms with Crippen LogP contribution in [-0.2, 0) is 4.79 Å². The molecule has 6 nitrogen and oxygen atoms in total. The summed E-state index contributed by atoms with van der Waals surface area (Å²) < 4.78 is 1.68. The standard InChI is InChI=1S/C25H24N4O2S/c30-23(14-17-6-2-1-3-7-17)28-19-9-4-8-18(15-19)21-11-12-26-25-20(16-27-29(21)25)24(31)22-10-5-13-32-22/h4-5,8-13,15-17H,1-3,6-7,14H2,(H,28,30). The van der Waals surface area contributed by atoms with E-state index in [1.807, 2.05) is 41.8 Å². The number of carbonyl (C=O) groups is 2. The first-order chi connectivity index (χ1) is 15.7. The lowest BCUT2D eigenvalue weighted by Crippen LogP contribution is -2.18. The Hall–Kier alpha value is -3.32. The molecule has 1 saturated carbocycles. The number of nitrogens with one attached hydrogen (secondary N) is 1. The number of hydrogen-bond donors (Lipinski definition) is 1. The zero-order chi connectivity index (χ0) is 21.9. The number of rotatable bonds is 6. The van der Waals surface area contributed by atoms with Crippen molar-refractivity contribution in [3.63, 3.8) is 0 Å². The van der Waals surface area contributed by atoms with Crippen molar-refractivity contribution >= 4 is 34.4 Å². The quantitative estimate of drug-likeness (QED) is 0.393. The Balaban J connectivity index is 1.39. The molecule has 1 amide bonds. The van der Waals surface area contributed by atoms with Crippen molar-refractivity contribution in [1.29, 1.82) is 0 Å². The van der Waals surface area contributed by atoms with E-state index in [-0.39, 0.29) is 11.7 Å². The molecule has 0 saturated heterocycles. The number of fused-ring (bicyclic) bond motifs is 1. The van der Waals surface area contributed by atoms with Gasteiger partial charge in [-0.3, -0.25) is 9.59 Å². The first kappa shape index (κ1) is 20.6. The van der Waals surface area contributed by atoms with Crippen molar-refractivity contribution in [2.45, 2.75) is 38.5 Å². The summed E-state index contributed by atoms with van der Waals surface area (Å²) in [7, 11) is 0. The third-order valence-electron chi connectivity index (χ3n) is 6.03. The lowest BCUT2D eigenvalue weighted by molar-refractivity contribution is -0.117. The molecule has 3 heterocycles. The fraction of sp³-hybridized carbons (Fsp3) is 0.280. The molecule has 1 aliphatic carbocycles. The van der Waals surface area contributed by atoms with Crippen LogP contribution < -0.4 is 5.32 Å². The molecule has 1 fully saturated rings. The number of anilines is 1. The smallest absolute Gasteiger partial charge is 0.224 e. The van der Waals surface area contributed by atoms with E-state index in [0.29, 0.717) is 28.4 Å². The first-order valence-electron chi connectivity index (χ1n) is 11.0. The predicted octanol–water partition coefficient (Wildman–Crippen LogP) is 5.60. The number of hydrogen-bond acceptors (Lipinski definition) is 5. The average Bonchev–Trinajstić information content (AvgIpc) is 3.50. The molecule has 5 rings (SSSR count). The van der Waals surface area contributed by atoms with Gasteiger partial charge in [0.2, 0.25) is 11.7 Å². The van der Waals surface area contributed by atoms with E-state index in [2.05, 4.69) is 15.4 Å². The molecule has 0 bridgehead atoms. The van der Waals surface area contributed by atoms with E-state index in [4.69, 9.17) is 0 Å². The average molecular weight is 445 g/mol. The maximum absolute atomic E-state index is 12.8. The summed E-state index contributed by atoms with van der Waals surface area (Å²) in [5, 5.41) is 9.38. The number of nitrogens with zero attached hydrogens (tertiary/aromatic N) is 3. The number of thiophene rings is 1. The predicted molar refractivity (Wildman–Crippen MR) is 126 cm³/mol. The SMILES string of the molecule is O=C(CC1CCCCC1)Nc1cccc(-c2ccnc3c(C(=O)c4cccs4)cnn23)c1. The molecule has 3 aromatic heterocycles. The van der Waals surface area contributed by atoms with E-state index < -0.39 is 0 Å². The van der Waals surface area contributed by atoms with Crippen molar-refractivity contribution in [3.8, 4) is 11.3 Å². The topological polar surface area (TPSA) is 76.4 Å². The highest BCUT2D eigenvalue weighted by atomic mass is 32.1. The van der Waals surface area contributed by atoms with Crippen LogP contribution in [0, 0.1) is 5.92 Å². The van der Waals surface area contributed by atoms with Crippen LogP contribution in [0.4, 0.5) is 5.69 Å². The minimum atomic E-state index is -0.0802. The first-order valence-corrected chi connectivity index (χ1v) is 11.9.